The van der Waals surface area contributed by atoms with Crippen LogP contribution in [0.3, 0.4) is 0 Å². The summed E-state index contributed by atoms with van der Waals surface area (Å²) in [6.45, 7) is 2.08. The SMILES string of the molecule is CC(CCS(=O)[O-])c1cccc2ccccc12. The van der Waals surface area contributed by atoms with Crippen LogP contribution in [0.1, 0.15) is 24.8 Å². The van der Waals surface area contributed by atoms with Gasteiger partial charge in [0.25, 0.3) is 0 Å². The quantitative estimate of drug-likeness (QED) is 0.778. The van der Waals surface area contributed by atoms with Gasteiger partial charge in [0.2, 0.25) is 0 Å². The highest BCUT2D eigenvalue weighted by atomic mass is 32.2. The molecule has 90 valence electrons. The minimum absolute atomic E-state index is 0.227. The van der Waals surface area contributed by atoms with Crippen molar-refractivity contribution in [2.75, 3.05) is 5.75 Å². The average Bonchev–Trinajstić information content (AvgIpc) is 2.35. The monoisotopic (exact) mass is 247 g/mol. The van der Waals surface area contributed by atoms with Gasteiger partial charge in [0, 0.05) is 5.75 Å². The van der Waals surface area contributed by atoms with E-state index in [0.717, 1.165) is 0 Å². The highest BCUT2D eigenvalue weighted by molar-refractivity contribution is 7.79. The van der Waals surface area contributed by atoms with Gasteiger partial charge in [-0.1, -0.05) is 60.5 Å². The Kier molecular flexibility index (Phi) is 3.92. The Morgan fingerprint density at radius 2 is 1.88 bits per heavy atom. The van der Waals surface area contributed by atoms with E-state index in [1.807, 2.05) is 18.2 Å². The van der Waals surface area contributed by atoms with Gasteiger partial charge in [0.05, 0.1) is 0 Å². The molecule has 17 heavy (non-hydrogen) atoms. The van der Waals surface area contributed by atoms with E-state index in [4.69, 9.17) is 0 Å². The number of hydrogen-bond acceptors (Lipinski definition) is 2. The van der Waals surface area contributed by atoms with Crippen LogP contribution in [0.25, 0.3) is 10.8 Å². The molecule has 2 rings (SSSR count). The van der Waals surface area contributed by atoms with Crippen LogP contribution in [0.15, 0.2) is 42.5 Å². The Balaban J connectivity index is 2.31. The normalized spacial score (nSPS) is 14.7. The predicted molar refractivity (Wildman–Crippen MR) is 70.8 cm³/mol. The van der Waals surface area contributed by atoms with Gasteiger partial charge in [0.1, 0.15) is 0 Å². The van der Waals surface area contributed by atoms with Crippen LogP contribution in [0.5, 0.6) is 0 Å². The first kappa shape index (κ1) is 12.3. The summed E-state index contributed by atoms with van der Waals surface area (Å²) >= 11 is -1.94. The van der Waals surface area contributed by atoms with Crippen molar-refractivity contribution in [3.8, 4) is 0 Å². The van der Waals surface area contributed by atoms with Gasteiger partial charge in [-0.25, -0.2) is 0 Å². The largest absolute Gasteiger partial charge is 0.772 e. The lowest BCUT2D eigenvalue weighted by atomic mass is 9.93. The molecule has 2 unspecified atom stereocenters. The summed E-state index contributed by atoms with van der Waals surface area (Å²) in [7, 11) is 0. The molecule has 0 N–H and O–H groups in total. The van der Waals surface area contributed by atoms with E-state index < -0.39 is 11.1 Å². The fourth-order valence-corrected chi connectivity index (χ4v) is 2.65. The standard InChI is InChI=1S/C14H16O2S/c1-11(9-10-17(15)16)13-8-4-6-12-5-2-3-7-14(12)13/h2-8,11H,9-10H2,1H3,(H,15,16)/p-1. The Labute approximate surface area is 104 Å². The third-order valence-corrected chi connectivity index (χ3v) is 3.64. The van der Waals surface area contributed by atoms with E-state index in [-0.39, 0.29) is 11.7 Å². The van der Waals surface area contributed by atoms with Crippen molar-refractivity contribution in [3.63, 3.8) is 0 Å². The van der Waals surface area contributed by atoms with Crippen molar-refractivity contribution < 1.29 is 8.76 Å². The zero-order valence-electron chi connectivity index (χ0n) is 9.76. The van der Waals surface area contributed by atoms with Gasteiger partial charge in [-0.15, -0.1) is 0 Å². The number of rotatable bonds is 4. The Morgan fingerprint density at radius 3 is 2.65 bits per heavy atom. The molecule has 0 saturated heterocycles. The second kappa shape index (κ2) is 5.43. The van der Waals surface area contributed by atoms with Crippen molar-refractivity contribution in [1.82, 2.24) is 0 Å². The smallest absolute Gasteiger partial charge is 0.0107 e. The summed E-state index contributed by atoms with van der Waals surface area (Å²) < 4.78 is 21.2. The lowest BCUT2D eigenvalue weighted by Gasteiger charge is -2.15. The zero-order valence-corrected chi connectivity index (χ0v) is 10.6. The maximum atomic E-state index is 10.6. The Bertz CT molecular complexity index is 531. The molecule has 0 aliphatic carbocycles. The molecule has 2 aromatic rings. The van der Waals surface area contributed by atoms with Crippen LogP contribution in [-0.2, 0) is 11.1 Å². The predicted octanol–water partition coefficient (Wildman–Crippen LogP) is 3.21. The lowest BCUT2D eigenvalue weighted by molar-refractivity contribution is 0.531. The summed E-state index contributed by atoms with van der Waals surface area (Å²) in [5.41, 5.74) is 1.23. The molecule has 2 atom stereocenters. The van der Waals surface area contributed by atoms with Gasteiger partial charge >= 0.3 is 0 Å². The third kappa shape index (κ3) is 2.93. The fraction of sp³-hybridized carbons (Fsp3) is 0.286. The first-order valence-corrected chi connectivity index (χ1v) is 6.96. The van der Waals surface area contributed by atoms with Gasteiger partial charge in [-0.05, 0) is 28.7 Å². The lowest BCUT2D eigenvalue weighted by Crippen LogP contribution is -2.02. The summed E-state index contributed by atoms with van der Waals surface area (Å²) in [5, 5.41) is 2.43. The Morgan fingerprint density at radius 1 is 1.18 bits per heavy atom. The van der Waals surface area contributed by atoms with Crippen LogP contribution in [-0.4, -0.2) is 14.5 Å². The second-order valence-corrected chi connectivity index (χ2v) is 5.28. The highest BCUT2D eigenvalue weighted by Gasteiger charge is 2.08. The van der Waals surface area contributed by atoms with Crippen molar-refractivity contribution in [3.05, 3.63) is 48.0 Å². The molecule has 0 aromatic heterocycles. The average molecular weight is 247 g/mol. The number of fused-ring (bicyclic) bond motifs is 1. The fourth-order valence-electron chi connectivity index (χ4n) is 2.11. The van der Waals surface area contributed by atoms with E-state index in [9.17, 15) is 8.76 Å². The van der Waals surface area contributed by atoms with Crippen LogP contribution in [0, 0.1) is 0 Å². The molecule has 0 aliphatic heterocycles. The van der Waals surface area contributed by atoms with E-state index in [1.54, 1.807) is 0 Å². The molecule has 0 aliphatic rings. The molecular formula is C14H15O2S-. The summed E-state index contributed by atoms with van der Waals surface area (Å²) in [6, 6.07) is 14.4. The molecule has 2 aromatic carbocycles. The molecule has 3 heteroatoms. The molecule has 0 saturated carbocycles. The summed E-state index contributed by atoms with van der Waals surface area (Å²) in [4.78, 5) is 0. The van der Waals surface area contributed by atoms with Crippen LogP contribution in [0.4, 0.5) is 0 Å². The van der Waals surface area contributed by atoms with Crippen molar-refractivity contribution >= 4 is 21.9 Å². The van der Waals surface area contributed by atoms with E-state index in [2.05, 4.69) is 31.2 Å². The topological polar surface area (TPSA) is 40.1 Å². The Hall–Kier alpha value is -1.19. The van der Waals surface area contributed by atoms with Crippen molar-refractivity contribution in [2.24, 2.45) is 0 Å². The van der Waals surface area contributed by atoms with E-state index >= 15 is 0 Å². The van der Waals surface area contributed by atoms with Gasteiger partial charge < -0.3 is 4.55 Å². The van der Waals surface area contributed by atoms with E-state index in [1.165, 1.54) is 16.3 Å². The molecule has 2 nitrogen and oxygen atoms in total. The van der Waals surface area contributed by atoms with Crippen molar-refractivity contribution in [2.45, 2.75) is 19.3 Å². The second-order valence-electron chi connectivity index (χ2n) is 4.27. The van der Waals surface area contributed by atoms with Crippen LogP contribution >= 0.6 is 0 Å². The minimum atomic E-state index is -1.94. The molecule has 0 amide bonds. The minimum Gasteiger partial charge on any atom is -0.772 e. The maximum absolute atomic E-state index is 10.6. The van der Waals surface area contributed by atoms with Crippen LogP contribution < -0.4 is 0 Å². The summed E-state index contributed by atoms with van der Waals surface area (Å²) in [5.74, 6) is 0.490. The molecule has 0 fully saturated rings. The van der Waals surface area contributed by atoms with Gasteiger partial charge in [-0.3, -0.25) is 4.21 Å². The molecule has 0 bridgehead atoms. The molecule has 0 heterocycles. The molecule has 0 spiro atoms. The first-order valence-electron chi connectivity index (χ1n) is 5.72. The molecular weight excluding hydrogens is 232 g/mol. The van der Waals surface area contributed by atoms with Gasteiger partial charge in [-0.2, -0.15) is 0 Å². The summed E-state index contributed by atoms with van der Waals surface area (Å²) in [6.07, 6.45) is 0.671. The molecule has 0 radical (unpaired) electrons. The van der Waals surface area contributed by atoms with Crippen LogP contribution in [0.2, 0.25) is 0 Å². The number of hydrogen-bond donors (Lipinski definition) is 0. The van der Waals surface area contributed by atoms with Gasteiger partial charge in [0.15, 0.2) is 0 Å². The maximum Gasteiger partial charge on any atom is 0.0107 e. The number of benzene rings is 2. The zero-order chi connectivity index (χ0) is 12.3. The highest BCUT2D eigenvalue weighted by Crippen LogP contribution is 2.27. The van der Waals surface area contributed by atoms with E-state index in [0.29, 0.717) is 6.42 Å². The third-order valence-electron chi connectivity index (χ3n) is 3.07. The van der Waals surface area contributed by atoms with Crippen molar-refractivity contribution in [1.29, 1.82) is 0 Å². The first-order chi connectivity index (χ1) is 8.18.